The molecule has 1 heteroatoms. The van der Waals surface area contributed by atoms with Gasteiger partial charge in [0.25, 0.3) is 0 Å². The van der Waals surface area contributed by atoms with E-state index >= 15 is 0 Å². The summed E-state index contributed by atoms with van der Waals surface area (Å²) in [6, 6.07) is 8.40. The first-order valence-electron chi connectivity index (χ1n) is 8.18. The van der Waals surface area contributed by atoms with Crippen molar-refractivity contribution in [2.45, 2.75) is 59.8 Å². The molecule has 0 atom stereocenters. The molecule has 0 amide bonds. The Balaban J connectivity index is 2.23. The van der Waals surface area contributed by atoms with Gasteiger partial charge in [-0.3, -0.25) is 0 Å². The molecule has 0 fully saturated rings. The molecule has 0 spiro atoms. The third kappa shape index (κ3) is 7.75. The number of ether oxygens (including phenoxy) is 1. The Morgan fingerprint density at radius 1 is 0.952 bits per heavy atom. The van der Waals surface area contributed by atoms with E-state index in [1.807, 2.05) is 0 Å². The predicted molar refractivity (Wildman–Crippen MR) is 93.0 cm³/mol. The van der Waals surface area contributed by atoms with Crippen molar-refractivity contribution < 1.29 is 4.74 Å². The highest BCUT2D eigenvalue weighted by atomic mass is 16.5. The fourth-order valence-corrected chi connectivity index (χ4v) is 2.10. The van der Waals surface area contributed by atoms with Crippen molar-refractivity contribution >= 4 is 0 Å². The molecule has 1 aromatic rings. The van der Waals surface area contributed by atoms with Gasteiger partial charge in [0, 0.05) is 0 Å². The van der Waals surface area contributed by atoms with Crippen LogP contribution in [0.1, 0.15) is 58.9 Å². The van der Waals surface area contributed by atoms with Crippen LogP contribution in [0.15, 0.2) is 47.6 Å². The van der Waals surface area contributed by atoms with Crippen LogP contribution in [0.25, 0.3) is 0 Å². The molecule has 0 aliphatic carbocycles. The lowest BCUT2D eigenvalue weighted by atomic mass is 10.1. The highest BCUT2D eigenvalue weighted by Gasteiger charge is 1.94. The van der Waals surface area contributed by atoms with Gasteiger partial charge in [0.05, 0.1) is 6.61 Å². The summed E-state index contributed by atoms with van der Waals surface area (Å²) in [5, 5.41) is 0. The highest BCUT2D eigenvalue weighted by molar-refractivity contribution is 5.27. The maximum atomic E-state index is 5.76. The van der Waals surface area contributed by atoms with Crippen molar-refractivity contribution in [3.05, 3.63) is 53.1 Å². The molecule has 0 N–H and O–H groups in total. The van der Waals surface area contributed by atoms with Gasteiger partial charge in [-0.2, -0.15) is 0 Å². The van der Waals surface area contributed by atoms with Gasteiger partial charge in [-0.1, -0.05) is 49.3 Å². The summed E-state index contributed by atoms with van der Waals surface area (Å²) in [7, 11) is 0. The topological polar surface area (TPSA) is 9.23 Å². The van der Waals surface area contributed by atoms with Crippen molar-refractivity contribution in [2.24, 2.45) is 0 Å². The van der Waals surface area contributed by atoms with Crippen LogP contribution in [0.5, 0.6) is 5.75 Å². The van der Waals surface area contributed by atoms with Crippen LogP contribution >= 0.6 is 0 Å². The Bertz CT molecular complexity index is 451. The Morgan fingerprint density at radius 2 is 1.62 bits per heavy atom. The Morgan fingerprint density at radius 3 is 2.24 bits per heavy atom. The van der Waals surface area contributed by atoms with Gasteiger partial charge >= 0.3 is 0 Å². The van der Waals surface area contributed by atoms with E-state index in [1.54, 1.807) is 0 Å². The average Bonchev–Trinajstić information content (AvgIpc) is 2.52. The van der Waals surface area contributed by atoms with Gasteiger partial charge in [-0.05, 0) is 63.6 Å². The second kappa shape index (κ2) is 10.3. The van der Waals surface area contributed by atoms with E-state index in [-0.39, 0.29) is 0 Å². The molecule has 0 unspecified atom stereocenters. The van der Waals surface area contributed by atoms with Crippen LogP contribution in [-0.4, -0.2) is 6.61 Å². The Kier molecular flexibility index (Phi) is 8.57. The summed E-state index contributed by atoms with van der Waals surface area (Å²) in [6.45, 7) is 9.55. The lowest BCUT2D eigenvalue weighted by Crippen LogP contribution is -1.96. The van der Waals surface area contributed by atoms with Crippen molar-refractivity contribution in [3.8, 4) is 5.75 Å². The third-order valence-corrected chi connectivity index (χ3v) is 3.80. The molecule has 1 aromatic carbocycles. The van der Waals surface area contributed by atoms with Crippen molar-refractivity contribution in [1.82, 2.24) is 0 Å². The molecule has 0 radical (unpaired) electrons. The molecular formula is C20H30O. The fourth-order valence-electron chi connectivity index (χ4n) is 2.10. The van der Waals surface area contributed by atoms with Gasteiger partial charge in [-0.25, -0.2) is 0 Å². The molecule has 0 aliphatic heterocycles. The van der Waals surface area contributed by atoms with Gasteiger partial charge in [-0.15, -0.1) is 0 Å². The van der Waals surface area contributed by atoms with Crippen LogP contribution in [0.3, 0.4) is 0 Å². The minimum atomic E-state index is 0.757. The molecule has 0 saturated heterocycles. The van der Waals surface area contributed by atoms with Crippen molar-refractivity contribution in [1.29, 1.82) is 0 Å². The molecule has 1 nitrogen and oxygen atoms in total. The van der Waals surface area contributed by atoms with E-state index < -0.39 is 0 Å². The molecule has 0 bridgehead atoms. The van der Waals surface area contributed by atoms with E-state index in [0.29, 0.717) is 0 Å². The highest BCUT2D eigenvalue weighted by Crippen LogP contribution is 2.13. The third-order valence-electron chi connectivity index (χ3n) is 3.80. The maximum absolute atomic E-state index is 5.76. The Hall–Kier alpha value is -1.50. The summed E-state index contributed by atoms with van der Waals surface area (Å²) in [5.74, 6) is 0.972. The number of hydrogen-bond donors (Lipinski definition) is 0. The SMILES string of the molecule is CCC(C)=CCCC(C)=CCCOc1ccc(CC)cc1. The van der Waals surface area contributed by atoms with Crippen LogP contribution in [0.2, 0.25) is 0 Å². The smallest absolute Gasteiger partial charge is 0.119 e. The zero-order valence-electron chi connectivity index (χ0n) is 14.1. The van der Waals surface area contributed by atoms with Crippen LogP contribution in [0.4, 0.5) is 0 Å². The quantitative estimate of drug-likeness (QED) is 0.393. The van der Waals surface area contributed by atoms with Gasteiger partial charge < -0.3 is 4.74 Å². The molecule has 0 aromatic heterocycles. The van der Waals surface area contributed by atoms with Crippen LogP contribution in [-0.2, 0) is 6.42 Å². The lowest BCUT2D eigenvalue weighted by molar-refractivity contribution is 0.324. The lowest BCUT2D eigenvalue weighted by Gasteiger charge is -2.06. The molecule has 21 heavy (non-hydrogen) atoms. The number of benzene rings is 1. The maximum Gasteiger partial charge on any atom is 0.119 e. The minimum Gasteiger partial charge on any atom is -0.493 e. The molecule has 0 heterocycles. The first-order chi connectivity index (χ1) is 10.2. The van der Waals surface area contributed by atoms with Gasteiger partial charge in [0.2, 0.25) is 0 Å². The molecule has 0 aliphatic rings. The second-order valence-corrected chi connectivity index (χ2v) is 5.63. The fraction of sp³-hybridized carbons (Fsp3) is 0.500. The summed E-state index contributed by atoms with van der Waals surface area (Å²) < 4.78 is 5.76. The number of hydrogen-bond acceptors (Lipinski definition) is 1. The number of aryl methyl sites for hydroxylation is 1. The van der Waals surface area contributed by atoms with Gasteiger partial charge in [0.1, 0.15) is 5.75 Å². The zero-order valence-corrected chi connectivity index (χ0v) is 14.1. The zero-order chi connectivity index (χ0) is 15.5. The predicted octanol–water partition coefficient (Wildman–Crippen LogP) is 6.10. The monoisotopic (exact) mass is 286 g/mol. The standard InChI is InChI=1S/C20H30O/c1-5-17(3)9-7-10-18(4)11-8-16-21-20-14-12-19(6-2)13-15-20/h9,11-15H,5-8,10,16H2,1-4H3. The minimum absolute atomic E-state index is 0.757. The van der Waals surface area contributed by atoms with Crippen LogP contribution < -0.4 is 4.74 Å². The van der Waals surface area contributed by atoms with E-state index in [9.17, 15) is 0 Å². The van der Waals surface area contributed by atoms with Crippen molar-refractivity contribution in [3.63, 3.8) is 0 Å². The molecule has 1 rings (SSSR count). The first-order valence-corrected chi connectivity index (χ1v) is 8.18. The summed E-state index contributed by atoms with van der Waals surface area (Å²) >= 11 is 0. The van der Waals surface area contributed by atoms with Gasteiger partial charge in [0.15, 0.2) is 0 Å². The molecular weight excluding hydrogens is 256 g/mol. The molecule has 116 valence electrons. The normalized spacial score (nSPS) is 12.6. The van der Waals surface area contributed by atoms with Crippen LogP contribution in [0, 0.1) is 0 Å². The Labute approximate surface area is 130 Å². The van der Waals surface area contributed by atoms with E-state index in [1.165, 1.54) is 16.7 Å². The largest absolute Gasteiger partial charge is 0.493 e. The summed E-state index contributed by atoms with van der Waals surface area (Å²) in [4.78, 5) is 0. The van der Waals surface area contributed by atoms with E-state index in [4.69, 9.17) is 4.74 Å². The average molecular weight is 286 g/mol. The van der Waals surface area contributed by atoms with Crippen molar-refractivity contribution in [2.75, 3.05) is 6.61 Å². The number of allylic oxidation sites excluding steroid dienone is 3. The van der Waals surface area contributed by atoms with E-state index in [0.717, 1.165) is 44.5 Å². The summed E-state index contributed by atoms with van der Waals surface area (Å²) in [5.41, 5.74) is 4.30. The van der Waals surface area contributed by atoms with E-state index in [2.05, 4.69) is 64.1 Å². The first kappa shape index (κ1) is 17.6. The number of rotatable bonds is 9. The second-order valence-electron chi connectivity index (χ2n) is 5.63. The molecule has 0 saturated carbocycles. The summed E-state index contributed by atoms with van der Waals surface area (Å²) in [6.07, 6.45) is 10.2.